The Balaban J connectivity index is 3.21. The lowest BCUT2D eigenvalue weighted by atomic mass is 10.0. The first kappa shape index (κ1) is 12.4. The highest BCUT2D eigenvalue weighted by Crippen LogP contribution is 2.15. The quantitative estimate of drug-likeness (QED) is 0.454. The SMILES string of the molecule is CCC(=N)c1cc(C(=O)OC)ccc1[NH2+]C. The lowest BCUT2D eigenvalue weighted by molar-refractivity contribution is -0.539. The van der Waals surface area contributed by atoms with E-state index in [0.717, 1.165) is 11.3 Å². The molecule has 0 fully saturated rings. The number of methoxy groups -OCH3 is 1. The van der Waals surface area contributed by atoms with E-state index in [1.165, 1.54) is 7.11 Å². The van der Waals surface area contributed by atoms with Gasteiger partial charge >= 0.3 is 5.97 Å². The number of esters is 1. The lowest BCUT2D eigenvalue weighted by Crippen LogP contribution is -2.73. The van der Waals surface area contributed by atoms with Gasteiger partial charge in [-0.3, -0.25) is 0 Å². The summed E-state index contributed by atoms with van der Waals surface area (Å²) in [5, 5.41) is 9.78. The lowest BCUT2D eigenvalue weighted by Gasteiger charge is -2.07. The summed E-state index contributed by atoms with van der Waals surface area (Å²) in [6, 6.07) is 5.27. The molecule has 0 heterocycles. The van der Waals surface area contributed by atoms with Gasteiger partial charge in [0.15, 0.2) is 0 Å². The molecular weight excluding hydrogens is 204 g/mol. The normalized spacial score (nSPS) is 9.94. The van der Waals surface area contributed by atoms with E-state index in [0.29, 0.717) is 17.7 Å². The van der Waals surface area contributed by atoms with Crippen LogP contribution in [-0.2, 0) is 4.74 Å². The summed E-state index contributed by atoms with van der Waals surface area (Å²) >= 11 is 0. The van der Waals surface area contributed by atoms with Crippen LogP contribution in [-0.4, -0.2) is 25.8 Å². The molecule has 0 amide bonds. The van der Waals surface area contributed by atoms with Gasteiger partial charge in [-0.05, 0) is 18.6 Å². The standard InChI is InChI=1S/C12H16N2O2/c1-4-10(13)9-7-8(12(15)16-3)5-6-11(9)14-2/h5-7,13-14H,4H2,1-3H3/p+1. The molecule has 0 aliphatic heterocycles. The first-order valence-corrected chi connectivity index (χ1v) is 5.23. The number of rotatable bonds is 4. The highest BCUT2D eigenvalue weighted by molar-refractivity contribution is 6.03. The zero-order valence-electron chi connectivity index (χ0n) is 9.83. The minimum atomic E-state index is -0.368. The predicted octanol–water partition coefficient (Wildman–Crippen LogP) is 1.08. The fraction of sp³-hybridized carbons (Fsp3) is 0.333. The third-order valence-corrected chi connectivity index (χ3v) is 2.46. The summed E-state index contributed by atoms with van der Waals surface area (Å²) in [7, 11) is 3.27. The number of carbonyl (C=O) groups excluding carboxylic acids is 1. The van der Waals surface area contributed by atoms with Gasteiger partial charge in [0.1, 0.15) is 5.69 Å². The third kappa shape index (κ3) is 2.46. The summed E-state index contributed by atoms with van der Waals surface area (Å²) in [5.41, 5.74) is 2.78. The van der Waals surface area contributed by atoms with Gasteiger partial charge in [0.05, 0.1) is 25.3 Å². The molecule has 0 spiro atoms. The number of nitrogens with one attached hydrogen (secondary N) is 1. The first-order valence-electron chi connectivity index (χ1n) is 5.23. The number of benzene rings is 1. The zero-order chi connectivity index (χ0) is 12.1. The molecule has 0 aliphatic rings. The van der Waals surface area contributed by atoms with E-state index in [4.69, 9.17) is 5.41 Å². The van der Waals surface area contributed by atoms with E-state index in [-0.39, 0.29) is 5.97 Å². The number of carbonyl (C=O) groups is 1. The number of ether oxygens (including phenoxy) is 1. The number of hydrogen-bond acceptors (Lipinski definition) is 3. The van der Waals surface area contributed by atoms with Crippen molar-refractivity contribution in [2.75, 3.05) is 14.2 Å². The van der Waals surface area contributed by atoms with Gasteiger partial charge in [-0.2, -0.15) is 0 Å². The van der Waals surface area contributed by atoms with Crippen molar-refractivity contribution in [2.24, 2.45) is 0 Å². The van der Waals surface area contributed by atoms with Crippen molar-refractivity contribution in [1.29, 1.82) is 5.41 Å². The molecule has 1 aromatic rings. The van der Waals surface area contributed by atoms with Crippen LogP contribution in [0.3, 0.4) is 0 Å². The van der Waals surface area contributed by atoms with E-state index in [9.17, 15) is 4.79 Å². The van der Waals surface area contributed by atoms with Crippen LogP contribution < -0.4 is 5.32 Å². The van der Waals surface area contributed by atoms with Crippen molar-refractivity contribution in [3.8, 4) is 0 Å². The Hall–Kier alpha value is -1.68. The Kier molecular flexibility index (Phi) is 4.19. The van der Waals surface area contributed by atoms with Crippen molar-refractivity contribution in [1.82, 2.24) is 0 Å². The topological polar surface area (TPSA) is 66.8 Å². The molecule has 86 valence electrons. The molecule has 4 nitrogen and oxygen atoms in total. The molecule has 0 bridgehead atoms. The van der Waals surface area contributed by atoms with Crippen LogP contribution in [0.5, 0.6) is 0 Å². The highest BCUT2D eigenvalue weighted by atomic mass is 16.5. The Labute approximate surface area is 95.1 Å². The minimum Gasteiger partial charge on any atom is -0.465 e. The Morgan fingerprint density at radius 3 is 2.69 bits per heavy atom. The fourth-order valence-corrected chi connectivity index (χ4v) is 1.50. The second kappa shape index (κ2) is 5.42. The average molecular weight is 221 g/mol. The van der Waals surface area contributed by atoms with Crippen LogP contribution >= 0.6 is 0 Å². The predicted molar refractivity (Wildman–Crippen MR) is 62.4 cm³/mol. The average Bonchev–Trinajstić information content (AvgIpc) is 2.35. The molecular formula is C12H17N2O2+. The van der Waals surface area contributed by atoms with E-state index in [2.05, 4.69) is 4.74 Å². The zero-order valence-corrected chi connectivity index (χ0v) is 9.83. The van der Waals surface area contributed by atoms with Crippen LogP contribution in [0, 0.1) is 5.41 Å². The van der Waals surface area contributed by atoms with E-state index in [1.807, 2.05) is 25.4 Å². The molecule has 3 N–H and O–H groups in total. The van der Waals surface area contributed by atoms with Gasteiger partial charge in [-0.1, -0.05) is 6.92 Å². The van der Waals surface area contributed by atoms with E-state index in [1.54, 1.807) is 12.1 Å². The van der Waals surface area contributed by atoms with E-state index >= 15 is 0 Å². The Morgan fingerprint density at radius 2 is 2.19 bits per heavy atom. The number of quaternary nitrogens is 1. The van der Waals surface area contributed by atoms with Crippen LogP contribution in [0.2, 0.25) is 0 Å². The second-order valence-corrected chi connectivity index (χ2v) is 3.41. The van der Waals surface area contributed by atoms with Gasteiger partial charge in [0.2, 0.25) is 0 Å². The van der Waals surface area contributed by atoms with Crippen LogP contribution in [0.25, 0.3) is 0 Å². The summed E-state index contributed by atoms with van der Waals surface area (Å²) < 4.78 is 4.66. The van der Waals surface area contributed by atoms with Gasteiger partial charge in [-0.25, -0.2) is 4.79 Å². The number of nitrogens with two attached hydrogens (primary N) is 1. The van der Waals surface area contributed by atoms with Gasteiger partial charge in [0, 0.05) is 11.8 Å². The molecule has 4 heteroatoms. The summed E-state index contributed by atoms with van der Waals surface area (Å²) in [6.45, 7) is 1.92. The van der Waals surface area contributed by atoms with Crippen molar-refractivity contribution < 1.29 is 14.8 Å². The molecule has 0 unspecified atom stereocenters. The minimum absolute atomic E-state index is 0.368. The third-order valence-electron chi connectivity index (χ3n) is 2.46. The molecule has 0 radical (unpaired) electrons. The molecule has 1 rings (SSSR count). The monoisotopic (exact) mass is 221 g/mol. The Bertz CT molecular complexity index is 413. The fourth-order valence-electron chi connectivity index (χ4n) is 1.50. The van der Waals surface area contributed by atoms with Gasteiger partial charge < -0.3 is 15.5 Å². The molecule has 0 aromatic heterocycles. The smallest absolute Gasteiger partial charge is 0.337 e. The molecule has 0 saturated carbocycles. The van der Waals surface area contributed by atoms with Gasteiger partial charge in [-0.15, -0.1) is 0 Å². The molecule has 0 atom stereocenters. The van der Waals surface area contributed by atoms with Crippen molar-refractivity contribution >= 4 is 17.4 Å². The molecule has 16 heavy (non-hydrogen) atoms. The Morgan fingerprint density at radius 1 is 1.50 bits per heavy atom. The van der Waals surface area contributed by atoms with Crippen LogP contribution in [0.4, 0.5) is 5.69 Å². The van der Waals surface area contributed by atoms with Crippen LogP contribution in [0.1, 0.15) is 29.3 Å². The van der Waals surface area contributed by atoms with Crippen molar-refractivity contribution in [2.45, 2.75) is 13.3 Å². The van der Waals surface area contributed by atoms with Crippen LogP contribution in [0.15, 0.2) is 18.2 Å². The van der Waals surface area contributed by atoms with Crippen molar-refractivity contribution in [3.05, 3.63) is 29.3 Å². The maximum absolute atomic E-state index is 11.4. The van der Waals surface area contributed by atoms with Gasteiger partial charge in [0.25, 0.3) is 0 Å². The molecule has 1 aromatic carbocycles. The summed E-state index contributed by atoms with van der Waals surface area (Å²) in [6.07, 6.45) is 0.644. The van der Waals surface area contributed by atoms with E-state index < -0.39 is 0 Å². The molecule has 0 aliphatic carbocycles. The maximum atomic E-state index is 11.4. The number of hydrogen-bond donors (Lipinski definition) is 2. The summed E-state index contributed by atoms with van der Waals surface area (Å²) in [4.78, 5) is 11.4. The second-order valence-electron chi connectivity index (χ2n) is 3.41. The summed E-state index contributed by atoms with van der Waals surface area (Å²) in [5.74, 6) is -0.368. The largest absolute Gasteiger partial charge is 0.465 e. The maximum Gasteiger partial charge on any atom is 0.337 e. The highest BCUT2D eigenvalue weighted by Gasteiger charge is 2.13. The first-order chi connectivity index (χ1) is 7.63. The molecule has 0 saturated heterocycles. The van der Waals surface area contributed by atoms with Crippen molar-refractivity contribution in [3.63, 3.8) is 0 Å².